The van der Waals surface area contributed by atoms with Gasteiger partial charge in [-0.25, -0.2) is 8.42 Å². The molecule has 8 heteroatoms. The van der Waals surface area contributed by atoms with E-state index in [1.54, 1.807) is 42.5 Å². The number of rotatable bonds is 6. The van der Waals surface area contributed by atoms with Gasteiger partial charge in [0.2, 0.25) is 0 Å². The van der Waals surface area contributed by atoms with Gasteiger partial charge in [-0.3, -0.25) is 9.10 Å². The number of hydrogen-bond acceptors (Lipinski definition) is 4. The van der Waals surface area contributed by atoms with Crippen LogP contribution in [0.4, 0.5) is 11.4 Å². The smallest absolute Gasteiger partial charge is 0.264 e. The van der Waals surface area contributed by atoms with Crippen molar-refractivity contribution in [3.63, 3.8) is 0 Å². The van der Waals surface area contributed by atoms with Crippen LogP contribution >= 0.6 is 11.6 Å². The van der Waals surface area contributed by atoms with Crippen molar-refractivity contribution in [2.24, 2.45) is 0 Å². The normalized spacial score (nSPS) is 11.1. The number of halogens is 1. The molecule has 0 unspecified atom stereocenters. The Morgan fingerprint density at radius 3 is 2.33 bits per heavy atom. The lowest BCUT2D eigenvalue weighted by molar-refractivity contribution is 0.102. The molecule has 1 N–H and O–H groups in total. The van der Waals surface area contributed by atoms with Crippen LogP contribution in [0.3, 0.4) is 0 Å². The first-order chi connectivity index (χ1) is 14.2. The molecule has 0 heterocycles. The highest BCUT2D eigenvalue weighted by Crippen LogP contribution is 2.31. The summed E-state index contributed by atoms with van der Waals surface area (Å²) in [5.41, 5.74) is 2.22. The van der Waals surface area contributed by atoms with Gasteiger partial charge < -0.3 is 10.1 Å². The molecule has 0 aromatic heterocycles. The van der Waals surface area contributed by atoms with Crippen LogP contribution < -0.4 is 14.4 Å². The molecule has 0 aliphatic rings. The van der Waals surface area contributed by atoms with Crippen LogP contribution in [0.15, 0.2) is 71.6 Å². The van der Waals surface area contributed by atoms with Crippen LogP contribution in [-0.4, -0.2) is 28.5 Å². The topological polar surface area (TPSA) is 75.7 Å². The number of benzene rings is 3. The maximum absolute atomic E-state index is 13.0. The third-order valence-corrected chi connectivity index (χ3v) is 6.66. The van der Waals surface area contributed by atoms with E-state index in [4.69, 9.17) is 16.3 Å². The number of carbonyl (C=O) groups excluding carboxylic acids is 1. The fraction of sp³-hybridized carbons (Fsp3) is 0.136. The molecule has 0 saturated heterocycles. The Labute approximate surface area is 181 Å². The molecule has 1 amide bonds. The highest BCUT2D eigenvalue weighted by molar-refractivity contribution is 7.92. The molecule has 0 radical (unpaired) electrons. The zero-order chi connectivity index (χ0) is 21.9. The number of sulfonamides is 1. The number of hydrogen-bond donors (Lipinski definition) is 1. The van der Waals surface area contributed by atoms with Crippen LogP contribution in [0.5, 0.6) is 5.75 Å². The summed E-state index contributed by atoms with van der Waals surface area (Å²) in [6.45, 7) is 1.84. The highest BCUT2D eigenvalue weighted by atomic mass is 35.5. The molecule has 156 valence electrons. The molecule has 0 saturated carbocycles. The molecule has 0 fully saturated rings. The van der Waals surface area contributed by atoms with Crippen LogP contribution in [-0.2, 0) is 10.0 Å². The Kier molecular flexibility index (Phi) is 6.34. The van der Waals surface area contributed by atoms with Gasteiger partial charge >= 0.3 is 0 Å². The lowest BCUT2D eigenvalue weighted by Crippen LogP contribution is -2.27. The second-order valence-electron chi connectivity index (χ2n) is 6.58. The molecule has 0 atom stereocenters. The molecule has 30 heavy (non-hydrogen) atoms. The molecule has 3 aromatic rings. The van der Waals surface area contributed by atoms with E-state index in [0.29, 0.717) is 27.7 Å². The number of methoxy groups -OCH3 is 1. The van der Waals surface area contributed by atoms with Crippen molar-refractivity contribution in [2.45, 2.75) is 11.8 Å². The van der Waals surface area contributed by atoms with Crippen molar-refractivity contribution in [1.82, 2.24) is 0 Å². The van der Waals surface area contributed by atoms with Gasteiger partial charge in [-0.1, -0.05) is 23.7 Å². The zero-order valence-electron chi connectivity index (χ0n) is 16.7. The number of nitrogens with one attached hydrogen (secondary N) is 1. The monoisotopic (exact) mass is 444 g/mol. The van der Waals surface area contributed by atoms with Gasteiger partial charge in [0.15, 0.2) is 0 Å². The molecule has 0 aliphatic carbocycles. The summed E-state index contributed by atoms with van der Waals surface area (Å²) >= 11 is 5.94. The van der Waals surface area contributed by atoms with E-state index >= 15 is 0 Å². The Morgan fingerprint density at radius 2 is 1.70 bits per heavy atom. The van der Waals surface area contributed by atoms with E-state index in [1.165, 1.54) is 38.4 Å². The number of carbonyl (C=O) groups is 1. The van der Waals surface area contributed by atoms with Crippen molar-refractivity contribution in [3.8, 4) is 5.75 Å². The summed E-state index contributed by atoms with van der Waals surface area (Å²) in [7, 11) is -0.894. The van der Waals surface area contributed by atoms with Crippen LogP contribution in [0, 0.1) is 6.92 Å². The molecule has 3 aromatic carbocycles. The summed E-state index contributed by atoms with van der Waals surface area (Å²) < 4.78 is 32.4. The SMILES string of the molecule is COc1ccccc1N(C)S(=O)(=O)c1ccc(C(=O)Nc2ccc(Cl)cc2C)cc1. The third-order valence-electron chi connectivity index (χ3n) is 4.64. The van der Waals surface area contributed by atoms with E-state index in [1.807, 2.05) is 6.92 Å². The third kappa shape index (κ3) is 4.42. The number of aryl methyl sites for hydroxylation is 1. The fourth-order valence-electron chi connectivity index (χ4n) is 2.92. The maximum atomic E-state index is 13.0. The first kappa shape index (κ1) is 21.7. The van der Waals surface area contributed by atoms with E-state index < -0.39 is 10.0 Å². The zero-order valence-corrected chi connectivity index (χ0v) is 18.3. The summed E-state index contributed by atoms with van der Waals surface area (Å²) in [4.78, 5) is 12.6. The molecule has 0 spiro atoms. The molecule has 6 nitrogen and oxygen atoms in total. The average molecular weight is 445 g/mol. The van der Waals surface area contributed by atoms with Gasteiger partial charge in [0.1, 0.15) is 5.75 Å². The lowest BCUT2D eigenvalue weighted by Gasteiger charge is -2.21. The van der Waals surface area contributed by atoms with E-state index in [-0.39, 0.29) is 10.8 Å². The minimum Gasteiger partial charge on any atom is -0.495 e. The predicted octanol–water partition coefficient (Wildman–Crippen LogP) is 4.73. The quantitative estimate of drug-likeness (QED) is 0.596. The Bertz CT molecular complexity index is 1180. The van der Waals surface area contributed by atoms with Crippen molar-refractivity contribution in [3.05, 3.63) is 82.9 Å². The Hall–Kier alpha value is -3.03. The number of nitrogens with zero attached hydrogens (tertiary/aromatic N) is 1. The van der Waals surface area contributed by atoms with Gasteiger partial charge in [0.25, 0.3) is 15.9 Å². The van der Waals surface area contributed by atoms with Crippen molar-refractivity contribution in [2.75, 3.05) is 23.8 Å². The van der Waals surface area contributed by atoms with E-state index in [0.717, 1.165) is 9.87 Å². The Morgan fingerprint density at radius 1 is 1.03 bits per heavy atom. The summed E-state index contributed by atoms with van der Waals surface area (Å²) in [5.74, 6) is 0.0976. The maximum Gasteiger partial charge on any atom is 0.264 e. The average Bonchev–Trinajstić information content (AvgIpc) is 2.75. The van der Waals surface area contributed by atoms with Gasteiger partial charge in [-0.15, -0.1) is 0 Å². The first-order valence-electron chi connectivity index (χ1n) is 9.03. The fourth-order valence-corrected chi connectivity index (χ4v) is 4.35. The van der Waals surface area contributed by atoms with Crippen molar-refractivity contribution >= 4 is 38.9 Å². The number of anilines is 2. The minimum atomic E-state index is -3.83. The van der Waals surface area contributed by atoms with Gasteiger partial charge in [-0.2, -0.15) is 0 Å². The second-order valence-corrected chi connectivity index (χ2v) is 8.99. The van der Waals surface area contributed by atoms with Gasteiger partial charge in [0, 0.05) is 23.3 Å². The number of amides is 1. The Balaban J connectivity index is 1.82. The summed E-state index contributed by atoms with van der Waals surface area (Å²) in [6, 6.07) is 17.8. The van der Waals surface area contributed by atoms with Crippen molar-refractivity contribution in [1.29, 1.82) is 0 Å². The largest absolute Gasteiger partial charge is 0.495 e. The van der Waals surface area contributed by atoms with Crippen LogP contribution in [0.25, 0.3) is 0 Å². The van der Waals surface area contributed by atoms with E-state index in [9.17, 15) is 13.2 Å². The van der Waals surface area contributed by atoms with E-state index in [2.05, 4.69) is 5.32 Å². The highest BCUT2D eigenvalue weighted by Gasteiger charge is 2.24. The molecule has 3 rings (SSSR count). The molecular formula is C22H21ClN2O4S. The first-order valence-corrected chi connectivity index (χ1v) is 10.9. The standard InChI is InChI=1S/C22H21ClN2O4S/c1-15-14-17(23)10-13-19(15)24-22(26)16-8-11-18(12-9-16)30(27,28)25(2)20-6-4-5-7-21(20)29-3/h4-14H,1-3H3,(H,24,26). The second kappa shape index (κ2) is 8.77. The van der Waals surface area contributed by atoms with Crippen LogP contribution in [0.2, 0.25) is 5.02 Å². The molecular weight excluding hydrogens is 424 g/mol. The van der Waals surface area contributed by atoms with Crippen LogP contribution in [0.1, 0.15) is 15.9 Å². The molecule has 0 aliphatic heterocycles. The minimum absolute atomic E-state index is 0.0649. The lowest BCUT2D eigenvalue weighted by atomic mass is 10.1. The summed E-state index contributed by atoms with van der Waals surface area (Å²) in [5, 5.41) is 3.38. The number of para-hydroxylation sites is 2. The molecule has 0 bridgehead atoms. The number of ether oxygens (including phenoxy) is 1. The van der Waals surface area contributed by atoms with Gasteiger partial charge in [-0.05, 0) is 67.1 Å². The van der Waals surface area contributed by atoms with Crippen molar-refractivity contribution < 1.29 is 17.9 Å². The predicted molar refractivity (Wildman–Crippen MR) is 119 cm³/mol. The summed E-state index contributed by atoms with van der Waals surface area (Å²) in [6.07, 6.45) is 0. The van der Waals surface area contributed by atoms with Gasteiger partial charge in [0.05, 0.1) is 17.7 Å².